The van der Waals surface area contributed by atoms with Crippen LogP contribution in [0, 0.1) is 11.7 Å². The molecule has 7 nitrogen and oxygen atoms in total. The third kappa shape index (κ3) is 3.63. The molecule has 0 radical (unpaired) electrons. The summed E-state index contributed by atoms with van der Waals surface area (Å²) in [6, 6.07) is 9.41. The first-order chi connectivity index (χ1) is 12.5. The van der Waals surface area contributed by atoms with Crippen LogP contribution < -0.4 is 10.6 Å². The van der Waals surface area contributed by atoms with Crippen molar-refractivity contribution in [1.29, 1.82) is 0 Å². The zero-order valence-corrected chi connectivity index (χ0v) is 14.3. The Bertz CT molecular complexity index is 828. The molecular weight excluding hydrogens is 337 g/mol. The van der Waals surface area contributed by atoms with E-state index in [9.17, 15) is 14.3 Å². The van der Waals surface area contributed by atoms with Crippen LogP contribution in [0.3, 0.4) is 0 Å². The first-order valence-corrected chi connectivity index (χ1v) is 8.32. The number of aromatic nitrogens is 2. The molecule has 1 aromatic heterocycles. The molecule has 0 aliphatic carbocycles. The second-order valence-corrected chi connectivity index (χ2v) is 6.20. The highest BCUT2D eigenvalue weighted by atomic mass is 19.1. The van der Waals surface area contributed by atoms with Gasteiger partial charge in [0.05, 0.1) is 18.5 Å². The second kappa shape index (κ2) is 7.47. The molecule has 2 heterocycles. The number of aliphatic imine (C=N–C) groups is 1. The van der Waals surface area contributed by atoms with Crippen molar-refractivity contribution >= 4 is 23.3 Å². The van der Waals surface area contributed by atoms with Crippen LogP contribution in [0.25, 0.3) is 0 Å². The predicted octanol–water partition coefficient (Wildman–Crippen LogP) is 2.31. The summed E-state index contributed by atoms with van der Waals surface area (Å²) in [5.74, 6) is -2.48. The molecule has 8 heteroatoms. The minimum Gasteiger partial charge on any atom is -0.481 e. The topological polar surface area (TPSA) is 105 Å². The van der Waals surface area contributed by atoms with Crippen molar-refractivity contribution in [3.05, 3.63) is 48.0 Å². The molecule has 2 atom stereocenters. The number of aliphatic carboxylic acids is 1. The highest BCUT2D eigenvalue weighted by Gasteiger charge is 2.33. The molecule has 1 saturated heterocycles. The first-order valence-electron chi connectivity index (χ1n) is 8.32. The van der Waals surface area contributed by atoms with Crippen molar-refractivity contribution in [3.63, 3.8) is 0 Å². The van der Waals surface area contributed by atoms with Crippen LogP contribution >= 0.6 is 0 Å². The maximum atomic E-state index is 14.2. The number of carboxylic acids is 1. The van der Waals surface area contributed by atoms with Crippen LogP contribution in [0.4, 0.5) is 16.0 Å². The van der Waals surface area contributed by atoms with Gasteiger partial charge in [-0.2, -0.15) is 4.39 Å². The standard InChI is InChI=1S/C18H20FN5O2/c1-11(12-5-3-2-4-6-12)23-14-9-24(8-7-13(14)18(25)26)17-15(19)16(20)21-10-22-17/h2-6,10-11,13H,7-9H2,1H3,(H,25,26)(H2,20,21,22)/t11-,13?/m0/s1. The molecule has 0 saturated carbocycles. The Morgan fingerprint density at radius 2 is 2.12 bits per heavy atom. The Morgan fingerprint density at radius 1 is 1.38 bits per heavy atom. The zero-order chi connectivity index (χ0) is 18.7. The summed E-state index contributed by atoms with van der Waals surface area (Å²) >= 11 is 0. The summed E-state index contributed by atoms with van der Waals surface area (Å²) in [4.78, 5) is 25.5. The van der Waals surface area contributed by atoms with E-state index in [1.54, 1.807) is 4.90 Å². The number of carboxylic acid groups (broad SMARTS) is 1. The Labute approximate surface area is 150 Å². The van der Waals surface area contributed by atoms with Gasteiger partial charge in [-0.1, -0.05) is 30.3 Å². The third-order valence-electron chi connectivity index (χ3n) is 4.48. The maximum absolute atomic E-state index is 14.2. The molecule has 2 aromatic rings. The van der Waals surface area contributed by atoms with Gasteiger partial charge in [-0.15, -0.1) is 0 Å². The van der Waals surface area contributed by atoms with Gasteiger partial charge in [0.25, 0.3) is 0 Å². The Morgan fingerprint density at radius 3 is 2.81 bits per heavy atom. The minimum atomic E-state index is -0.925. The molecule has 26 heavy (non-hydrogen) atoms. The van der Waals surface area contributed by atoms with Gasteiger partial charge < -0.3 is 15.7 Å². The van der Waals surface area contributed by atoms with Gasteiger partial charge in [0.2, 0.25) is 5.82 Å². The Balaban J connectivity index is 1.90. The first kappa shape index (κ1) is 17.8. The predicted molar refractivity (Wildman–Crippen MR) is 96.7 cm³/mol. The fraction of sp³-hybridized carbons (Fsp3) is 0.333. The second-order valence-electron chi connectivity index (χ2n) is 6.20. The SMILES string of the molecule is C[C@H](N=C1CN(c2ncnc(N)c2F)CCC1C(=O)O)c1ccccc1. The molecule has 1 aromatic carbocycles. The molecule has 0 amide bonds. The van der Waals surface area contributed by atoms with E-state index in [1.807, 2.05) is 37.3 Å². The summed E-state index contributed by atoms with van der Waals surface area (Å²) in [5, 5.41) is 9.53. The number of piperidine rings is 1. The largest absolute Gasteiger partial charge is 0.481 e. The van der Waals surface area contributed by atoms with Gasteiger partial charge in [-0.05, 0) is 18.9 Å². The third-order valence-corrected chi connectivity index (χ3v) is 4.48. The number of nitrogen functional groups attached to an aromatic ring is 1. The van der Waals surface area contributed by atoms with Crippen LogP contribution in [0.5, 0.6) is 0 Å². The van der Waals surface area contributed by atoms with Gasteiger partial charge in [0, 0.05) is 12.3 Å². The number of halogens is 1. The van der Waals surface area contributed by atoms with Crippen LogP contribution in [-0.2, 0) is 4.79 Å². The lowest BCUT2D eigenvalue weighted by Crippen LogP contribution is -2.44. The van der Waals surface area contributed by atoms with Crippen molar-refractivity contribution in [1.82, 2.24) is 9.97 Å². The molecule has 3 rings (SSSR count). The molecule has 1 aliphatic rings. The average molecular weight is 357 g/mol. The highest BCUT2D eigenvalue weighted by molar-refractivity contribution is 6.04. The summed E-state index contributed by atoms with van der Waals surface area (Å²) in [5.41, 5.74) is 7.00. The Hall–Kier alpha value is -3.03. The molecule has 1 aliphatic heterocycles. The maximum Gasteiger partial charge on any atom is 0.312 e. The molecule has 1 fully saturated rings. The van der Waals surface area contributed by atoms with Crippen molar-refractivity contribution < 1.29 is 14.3 Å². The number of hydrogen-bond acceptors (Lipinski definition) is 6. The van der Waals surface area contributed by atoms with E-state index in [0.29, 0.717) is 18.7 Å². The van der Waals surface area contributed by atoms with Crippen molar-refractivity contribution in [2.24, 2.45) is 10.9 Å². The zero-order valence-electron chi connectivity index (χ0n) is 14.3. The fourth-order valence-corrected chi connectivity index (χ4v) is 3.06. The molecule has 1 unspecified atom stereocenters. The number of nitrogens with zero attached hydrogens (tertiary/aromatic N) is 4. The number of hydrogen-bond donors (Lipinski definition) is 2. The lowest BCUT2D eigenvalue weighted by Gasteiger charge is -2.33. The lowest BCUT2D eigenvalue weighted by atomic mass is 9.94. The molecule has 3 N–H and O–H groups in total. The summed E-state index contributed by atoms with van der Waals surface area (Å²) in [6.07, 6.45) is 1.51. The molecule has 0 bridgehead atoms. The molecule has 0 spiro atoms. The number of nitrogens with two attached hydrogens (primary N) is 1. The van der Waals surface area contributed by atoms with Crippen molar-refractivity contribution in [2.75, 3.05) is 23.7 Å². The number of benzene rings is 1. The fourth-order valence-electron chi connectivity index (χ4n) is 3.06. The van der Waals surface area contributed by atoms with Crippen LogP contribution in [0.1, 0.15) is 24.9 Å². The smallest absolute Gasteiger partial charge is 0.312 e. The van der Waals surface area contributed by atoms with Gasteiger partial charge >= 0.3 is 5.97 Å². The van der Waals surface area contributed by atoms with E-state index in [0.717, 1.165) is 5.56 Å². The highest BCUT2D eigenvalue weighted by Crippen LogP contribution is 2.26. The van der Waals surface area contributed by atoms with Gasteiger partial charge in [0.15, 0.2) is 11.6 Å². The minimum absolute atomic E-state index is 0.0707. The normalized spacial score (nSPS) is 20.2. The quantitative estimate of drug-likeness (QED) is 0.870. The van der Waals surface area contributed by atoms with Gasteiger partial charge in [0.1, 0.15) is 6.33 Å². The number of anilines is 2. The number of carbonyl (C=O) groups is 1. The van der Waals surface area contributed by atoms with E-state index < -0.39 is 17.7 Å². The van der Waals surface area contributed by atoms with Crippen LogP contribution in [-0.4, -0.2) is 39.8 Å². The van der Waals surface area contributed by atoms with E-state index in [2.05, 4.69) is 15.0 Å². The van der Waals surface area contributed by atoms with Crippen molar-refractivity contribution in [3.8, 4) is 0 Å². The van der Waals surface area contributed by atoms with Crippen molar-refractivity contribution in [2.45, 2.75) is 19.4 Å². The van der Waals surface area contributed by atoms with E-state index in [-0.39, 0.29) is 24.2 Å². The summed E-state index contributed by atoms with van der Waals surface area (Å²) in [7, 11) is 0. The summed E-state index contributed by atoms with van der Waals surface area (Å²) < 4.78 is 14.2. The van der Waals surface area contributed by atoms with Gasteiger partial charge in [-0.25, -0.2) is 9.97 Å². The van der Waals surface area contributed by atoms with E-state index >= 15 is 0 Å². The van der Waals surface area contributed by atoms with Crippen LogP contribution in [0.15, 0.2) is 41.7 Å². The Kier molecular flexibility index (Phi) is 5.11. The van der Waals surface area contributed by atoms with E-state index in [1.165, 1.54) is 6.33 Å². The monoisotopic (exact) mass is 357 g/mol. The average Bonchev–Trinajstić information content (AvgIpc) is 2.64. The summed E-state index contributed by atoms with van der Waals surface area (Å²) in [6.45, 7) is 2.44. The molecule has 136 valence electrons. The van der Waals surface area contributed by atoms with E-state index in [4.69, 9.17) is 5.73 Å². The van der Waals surface area contributed by atoms with Gasteiger partial charge in [-0.3, -0.25) is 9.79 Å². The molecular formula is C18H20FN5O2. The lowest BCUT2D eigenvalue weighted by molar-refractivity contribution is -0.139. The van der Waals surface area contributed by atoms with Crippen LogP contribution in [0.2, 0.25) is 0 Å². The number of rotatable bonds is 4.